The molecule has 1 N–H and O–H groups in total. The fraction of sp³-hybridized carbons (Fsp3) is 0.111. The third-order valence-electron chi connectivity index (χ3n) is 2.38. The first-order chi connectivity index (χ1) is 6.77. The number of hydrogen-bond donors (Lipinski definition) is 1. The Morgan fingerprint density at radius 1 is 1.43 bits per heavy atom. The van der Waals surface area contributed by atoms with Gasteiger partial charge < -0.3 is 9.55 Å². The highest BCUT2D eigenvalue weighted by Gasteiger charge is 2.07. The molecular formula is C9H8N4O. The summed E-state index contributed by atoms with van der Waals surface area (Å²) in [6.45, 7) is 0. The van der Waals surface area contributed by atoms with Gasteiger partial charge in [-0.05, 0) is 6.07 Å². The van der Waals surface area contributed by atoms with Crippen LogP contribution in [0.4, 0.5) is 0 Å². The van der Waals surface area contributed by atoms with Crippen LogP contribution in [0.5, 0.6) is 0 Å². The molecule has 3 rings (SSSR count). The molecule has 0 radical (unpaired) electrons. The molecule has 0 aliphatic heterocycles. The van der Waals surface area contributed by atoms with Gasteiger partial charge in [-0.1, -0.05) is 0 Å². The normalized spacial score (nSPS) is 11.5. The lowest BCUT2D eigenvalue weighted by molar-refractivity contribution is 0.946. The van der Waals surface area contributed by atoms with E-state index >= 15 is 0 Å². The molecule has 0 amide bonds. The number of fused-ring (bicyclic) bond motifs is 2. The molecule has 0 aliphatic carbocycles. The standard InChI is InChI=1S/C9H8N4O/c1-12-4-2-6-7(12)8(14)13-5-3-10-9(13)11-6/h2-5H,1H3,(H,10,11). The van der Waals surface area contributed by atoms with Crippen LogP contribution in [0.2, 0.25) is 0 Å². The van der Waals surface area contributed by atoms with Gasteiger partial charge in [-0.15, -0.1) is 0 Å². The molecule has 0 fully saturated rings. The van der Waals surface area contributed by atoms with Gasteiger partial charge in [-0.2, -0.15) is 0 Å². The van der Waals surface area contributed by atoms with Gasteiger partial charge in [0.05, 0.1) is 5.52 Å². The molecule has 5 heteroatoms. The molecule has 0 saturated heterocycles. The van der Waals surface area contributed by atoms with Gasteiger partial charge in [0.15, 0.2) is 0 Å². The van der Waals surface area contributed by atoms with Gasteiger partial charge in [0.1, 0.15) is 5.52 Å². The second-order valence-corrected chi connectivity index (χ2v) is 3.24. The highest BCUT2D eigenvalue weighted by atomic mass is 16.1. The van der Waals surface area contributed by atoms with Crippen molar-refractivity contribution in [3.8, 4) is 0 Å². The minimum atomic E-state index is -0.0428. The second-order valence-electron chi connectivity index (χ2n) is 3.24. The minimum absolute atomic E-state index is 0.0428. The third-order valence-corrected chi connectivity index (χ3v) is 2.38. The SMILES string of the molecule is Cn1ccc2[nH]c3nccn3c(=O)c21. The van der Waals surface area contributed by atoms with Crippen molar-refractivity contribution in [2.75, 3.05) is 0 Å². The summed E-state index contributed by atoms with van der Waals surface area (Å²) in [6, 6.07) is 1.87. The third kappa shape index (κ3) is 0.736. The van der Waals surface area contributed by atoms with E-state index < -0.39 is 0 Å². The van der Waals surface area contributed by atoms with E-state index in [-0.39, 0.29) is 5.56 Å². The molecule has 3 aromatic heterocycles. The molecule has 0 aliphatic rings. The van der Waals surface area contributed by atoms with Crippen molar-refractivity contribution < 1.29 is 0 Å². The maximum atomic E-state index is 11.9. The van der Waals surface area contributed by atoms with Crippen LogP contribution in [-0.4, -0.2) is 18.9 Å². The van der Waals surface area contributed by atoms with Crippen molar-refractivity contribution >= 4 is 16.8 Å². The summed E-state index contributed by atoms with van der Waals surface area (Å²) in [5.74, 6) is 0.578. The Labute approximate surface area is 78.6 Å². The van der Waals surface area contributed by atoms with Crippen LogP contribution in [-0.2, 0) is 7.05 Å². The lowest BCUT2D eigenvalue weighted by Gasteiger charge is -1.96. The molecule has 0 bridgehead atoms. The summed E-state index contributed by atoms with van der Waals surface area (Å²) < 4.78 is 3.30. The van der Waals surface area contributed by atoms with Gasteiger partial charge in [0.25, 0.3) is 5.56 Å². The molecule has 3 aromatic rings. The Morgan fingerprint density at radius 3 is 3.14 bits per heavy atom. The predicted octanol–water partition coefficient (Wildman–Crippen LogP) is 0.514. The highest BCUT2D eigenvalue weighted by molar-refractivity contribution is 5.76. The van der Waals surface area contributed by atoms with Gasteiger partial charge in [0, 0.05) is 25.6 Å². The molecule has 0 atom stereocenters. The maximum Gasteiger partial charge on any atom is 0.283 e. The average Bonchev–Trinajstić information content (AvgIpc) is 2.74. The molecule has 0 spiro atoms. The van der Waals surface area contributed by atoms with Crippen LogP contribution in [0.15, 0.2) is 29.5 Å². The quantitative estimate of drug-likeness (QED) is 0.559. The number of H-pyrrole nitrogens is 1. The molecule has 14 heavy (non-hydrogen) atoms. The van der Waals surface area contributed by atoms with Crippen LogP contribution in [0.25, 0.3) is 16.8 Å². The lowest BCUT2D eigenvalue weighted by Crippen LogP contribution is -2.15. The molecule has 70 valence electrons. The van der Waals surface area contributed by atoms with Gasteiger partial charge in [-0.3, -0.25) is 9.20 Å². The Bertz CT molecular complexity index is 673. The average molecular weight is 188 g/mol. The molecule has 3 heterocycles. The van der Waals surface area contributed by atoms with Crippen molar-refractivity contribution in [3.05, 3.63) is 35.0 Å². The van der Waals surface area contributed by atoms with Crippen LogP contribution in [0.3, 0.4) is 0 Å². The smallest absolute Gasteiger partial charge is 0.283 e. The van der Waals surface area contributed by atoms with E-state index in [2.05, 4.69) is 9.97 Å². The summed E-state index contributed by atoms with van der Waals surface area (Å²) in [4.78, 5) is 19.0. The summed E-state index contributed by atoms with van der Waals surface area (Å²) in [6.07, 6.45) is 5.11. The lowest BCUT2D eigenvalue weighted by atomic mass is 10.4. The largest absolute Gasteiger partial charge is 0.345 e. The van der Waals surface area contributed by atoms with E-state index in [1.54, 1.807) is 17.0 Å². The Hall–Kier alpha value is -2.04. The van der Waals surface area contributed by atoms with E-state index in [0.717, 1.165) is 5.52 Å². The number of hydrogen-bond acceptors (Lipinski definition) is 2. The molecular weight excluding hydrogens is 180 g/mol. The van der Waals surface area contributed by atoms with Crippen molar-refractivity contribution in [2.24, 2.45) is 7.05 Å². The van der Waals surface area contributed by atoms with Crippen LogP contribution < -0.4 is 5.56 Å². The maximum absolute atomic E-state index is 11.9. The number of rotatable bonds is 0. The first-order valence-electron chi connectivity index (χ1n) is 4.28. The fourth-order valence-electron chi connectivity index (χ4n) is 1.69. The van der Waals surface area contributed by atoms with Gasteiger partial charge in [-0.25, -0.2) is 4.98 Å². The molecule has 0 aromatic carbocycles. The fourth-order valence-corrected chi connectivity index (χ4v) is 1.69. The summed E-state index contributed by atoms with van der Waals surface area (Å²) >= 11 is 0. The zero-order valence-electron chi connectivity index (χ0n) is 7.56. The van der Waals surface area contributed by atoms with Crippen LogP contribution in [0.1, 0.15) is 0 Å². The number of aromatic nitrogens is 4. The Kier molecular flexibility index (Phi) is 1.19. The number of aromatic amines is 1. The van der Waals surface area contributed by atoms with Crippen molar-refractivity contribution in [3.63, 3.8) is 0 Å². The Balaban J connectivity index is 2.73. The van der Waals surface area contributed by atoms with E-state index in [1.165, 1.54) is 4.40 Å². The first-order valence-corrected chi connectivity index (χ1v) is 4.28. The molecule has 0 unspecified atom stereocenters. The van der Waals surface area contributed by atoms with Crippen LogP contribution >= 0.6 is 0 Å². The monoisotopic (exact) mass is 188 g/mol. The van der Waals surface area contributed by atoms with Crippen molar-refractivity contribution in [1.29, 1.82) is 0 Å². The van der Waals surface area contributed by atoms with E-state index in [1.807, 2.05) is 19.3 Å². The first kappa shape index (κ1) is 7.37. The number of nitrogens with zero attached hydrogens (tertiary/aromatic N) is 3. The number of aryl methyl sites for hydroxylation is 1. The van der Waals surface area contributed by atoms with E-state index in [9.17, 15) is 4.79 Å². The summed E-state index contributed by atoms with van der Waals surface area (Å²) in [5.41, 5.74) is 1.44. The molecule has 5 nitrogen and oxygen atoms in total. The summed E-state index contributed by atoms with van der Waals surface area (Å²) in [7, 11) is 1.85. The van der Waals surface area contributed by atoms with Crippen LogP contribution in [0, 0.1) is 0 Å². The van der Waals surface area contributed by atoms with Gasteiger partial charge in [0.2, 0.25) is 5.78 Å². The van der Waals surface area contributed by atoms with Crippen molar-refractivity contribution in [2.45, 2.75) is 0 Å². The van der Waals surface area contributed by atoms with E-state index in [0.29, 0.717) is 11.3 Å². The Morgan fingerprint density at radius 2 is 2.29 bits per heavy atom. The number of nitrogens with one attached hydrogen (secondary N) is 1. The van der Waals surface area contributed by atoms with E-state index in [4.69, 9.17) is 0 Å². The topological polar surface area (TPSA) is 55.1 Å². The number of imidazole rings is 1. The predicted molar refractivity (Wildman–Crippen MR) is 52.3 cm³/mol. The minimum Gasteiger partial charge on any atom is -0.345 e. The van der Waals surface area contributed by atoms with Gasteiger partial charge >= 0.3 is 0 Å². The second kappa shape index (κ2) is 2.25. The van der Waals surface area contributed by atoms with Crippen molar-refractivity contribution in [1.82, 2.24) is 18.9 Å². The molecule has 0 saturated carbocycles. The summed E-state index contributed by atoms with van der Waals surface area (Å²) in [5, 5.41) is 0. The zero-order valence-corrected chi connectivity index (χ0v) is 7.56. The highest BCUT2D eigenvalue weighted by Crippen LogP contribution is 2.08. The zero-order chi connectivity index (χ0) is 9.71.